The summed E-state index contributed by atoms with van der Waals surface area (Å²) in [4.78, 5) is 18.7. The molecule has 0 spiro atoms. The fourth-order valence-electron chi connectivity index (χ4n) is 2.67. The molecule has 0 aliphatic carbocycles. The third-order valence-electron chi connectivity index (χ3n) is 3.83. The minimum absolute atomic E-state index is 0.0723. The summed E-state index contributed by atoms with van der Waals surface area (Å²) in [6.07, 6.45) is 1.63. The molecule has 2 N–H and O–H groups in total. The van der Waals surface area contributed by atoms with E-state index in [1.807, 2.05) is 24.3 Å². The molecule has 0 radical (unpaired) electrons. The predicted molar refractivity (Wildman–Crippen MR) is 90.2 cm³/mol. The van der Waals surface area contributed by atoms with Crippen molar-refractivity contribution in [2.45, 2.75) is 13.5 Å². The van der Waals surface area contributed by atoms with Crippen molar-refractivity contribution in [3.05, 3.63) is 41.2 Å². The van der Waals surface area contributed by atoms with E-state index < -0.39 is 0 Å². The average Bonchev–Trinajstić information content (AvgIpc) is 3.17. The summed E-state index contributed by atoms with van der Waals surface area (Å²) in [5, 5.41) is 4.34. The summed E-state index contributed by atoms with van der Waals surface area (Å²) < 4.78 is 10.7. The zero-order valence-corrected chi connectivity index (χ0v) is 13.6. The number of carbonyl (C=O) groups excluding carboxylic acids is 1. The number of halogens is 1. The molecule has 24 heavy (non-hydrogen) atoms. The summed E-state index contributed by atoms with van der Waals surface area (Å²) in [6, 6.07) is 7.61. The molecule has 2 aromatic heterocycles. The molecule has 0 saturated heterocycles. The number of pyridine rings is 1. The van der Waals surface area contributed by atoms with E-state index in [2.05, 4.69) is 15.3 Å². The molecule has 4 rings (SSSR count). The molecule has 3 heterocycles. The zero-order valence-electron chi connectivity index (χ0n) is 12.9. The van der Waals surface area contributed by atoms with E-state index in [4.69, 9.17) is 21.1 Å². The highest BCUT2D eigenvalue weighted by molar-refractivity contribution is 6.34. The van der Waals surface area contributed by atoms with Gasteiger partial charge in [-0.15, -0.1) is 0 Å². The van der Waals surface area contributed by atoms with Crippen LogP contribution < -0.4 is 14.8 Å². The Hall–Kier alpha value is -2.73. The third kappa shape index (κ3) is 2.65. The molecule has 3 aromatic rings. The van der Waals surface area contributed by atoms with Crippen molar-refractivity contribution in [2.24, 2.45) is 0 Å². The Morgan fingerprint density at radius 3 is 2.96 bits per heavy atom. The van der Waals surface area contributed by atoms with Crippen molar-refractivity contribution >= 4 is 28.4 Å². The molecule has 0 unspecified atom stereocenters. The van der Waals surface area contributed by atoms with Gasteiger partial charge in [0.1, 0.15) is 0 Å². The first-order valence-electron chi connectivity index (χ1n) is 7.42. The van der Waals surface area contributed by atoms with Crippen molar-refractivity contribution in [1.29, 1.82) is 0 Å². The van der Waals surface area contributed by atoms with Crippen molar-refractivity contribution in [1.82, 2.24) is 15.3 Å². The Labute approximate surface area is 142 Å². The Kier molecular flexibility index (Phi) is 3.54. The maximum Gasteiger partial charge on any atom is 0.231 e. The maximum atomic E-state index is 11.0. The number of aromatic nitrogens is 2. The van der Waals surface area contributed by atoms with Crippen LogP contribution in [0.3, 0.4) is 0 Å². The monoisotopic (exact) mass is 343 g/mol. The number of aromatic amines is 1. The third-order valence-corrected chi connectivity index (χ3v) is 4.14. The van der Waals surface area contributed by atoms with Gasteiger partial charge in [0.2, 0.25) is 12.7 Å². The van der Waals surface area contributed by atoms with Crippen LogP contribution in [0.2, 0.25) is 5.02 Å². The van der Waals surface area contributed by atoms with Gasteiger partial charge in [-0.3, -0.25) is 9.78 Å². The van der Waals surface area contributed by atoms with Gasteiger partial charge in [-0.05, 0) is 18.2 Å². The van der Waals surface area contributed by atoms with E-state index >= 15 is 0 Å². The number of ether oxygens (including phenoxy) is 2. The second-order valence-corrected chi connectivity index (χ2v) is 5.95. The van der Waals surface area contributed by atoms with E-state index in [0.29, 0.717) is 28.8 Å². The van der Waals surface area contributed by atoms with Gasteiger partial charge in [-0.25, -0.2) is 0 Å². The Bertz CT molecular complexity index is 952. The van der Waals surface area contributed by atoms with Crippen LogP contribution in [-0.4, -0.2) is 22.7 Å². The molecule has 1 amide bonds. The van der Waals surface area contributed by atoms with Crippen LogP contribution in [0.1, 0.15) is 12.6 Å². The molecule has 1 aromatic carbocycles. The lowest BCUT2D eigenvalue weighted by molar-refractivity contribution is -0.119. The maximum absolute atomic E-state index is 11.0. The van der Waals surface area contributed by atoms with Gasteiger partial charge in [-0.2, -0.15) is 0 Å². The van der Waals surface area contributed by atoms with Gasteiger partial charge < -0.3 is 19.8 Å². The first-order chi connectivity index (χ1) is 11.6. The fraction of sp³-hybridized carbons (Fsp3) is 0.176. The molecule has 0 atom stereocenters. The van der Waals surface area contributed by atoms with Crippen LogP contribution in [0, 0.1) is 0 Å². The Balaban J connectivity index is 1.73. The summed E-state index contributed by atoms with van der Waals surface area (Å²) in [5.41, 5.74) is 3.35. The molecular formula is C17H14ClN3O3. The molecule has 1 aliphatic heterocycles. The SMILES string of the molecule is CC(=O)NCc1cc2cc(Cl)c(-c3cc4c(cn3)OCO4)cc2[nH]1. The molecular weight excluding hydrogens is 330 g/mol. The molecule has 7 heteroatoms. The van der Waals surface area contributed by atoms with Crippen LogP contribution in [-0.2, 0) is 11.3 Å². The van der Waals surface area contributed by atoms with Crippen LogP contribution in [0.25, 0.3) is 22.2 Å². The smallest absolute Gasteiger partial charge is 0.231 e. The number of carbonyl (C=O) groups is 1. The van der Waals surface area contributed by atoms with Crippen LogP contribution >= 0.6 is 11.6 Å². The van der Waals surface area contributed by atoms with Crippen molar-refractivity contribution < 1.29 is 14.3 Å². The van der Waals surface area contributed by atoms with Gasteiger partial charge >= 0.3 is 0 Å². The Morgan fingerprint density at radius 1 is 1.29 bits per heavy atom. The highest BCUT2D eigenvalue weighted by Crippen LogP contribution is 2.37. The van der Waals surface area contributed by atoms with Crippen LogP contribution in [0.4, 0.5) is 0 Å². The van der Waals surface area contributed by atoms with E-state index in [0.717, 1.165) is 22.2 Å². The van der Waals surface area contributed by atoms with Crippen LogP contribution in [0.5, 0.6) is 11.5 Å². The molecule has 0 fully saturated rings. The van der Waals surface area contributed by atoms with Crippen molar-refractivity contribution in [3.8, 4) is 22.8 Å². The fourth-order valence-corrected chi connectivity index (χ4v) is 2.94. The molecule has 6 nitrogen and oxygen atoms in total. The number of fused-ring (bicyclic) bond motifs is 2. The van der Waals surface area contributed by atoms with E-state index in [9.17, 15) is 4.79 Å². The zero-order chi connectivity index (χ0) is 16.7. The first-order valence-corrected chi connectivity index (χ1v) is 7.79. The van der Waals surface area contributed by atoms with Crippen LogP contribution in [0.15, 0.2) is 30.5 Å². The lowest BCUT2D eigenvalue weighted by Gasteiger charge is -2.05. The summed E-state index contributed by atoms with van der Waals surface area (Å²) in [5.74, 6) is 1.22. The van der Waals surface area contributed by atoms with Gasteiger partial charge in [0.25, 0.3) is 0 Å². The van der Waals surface area contributed by atoms with Gasteiger partial charge in [0, 0.05) is 35.2 Å². The van der Waals surface area contributed by atoms with Crippen molar-refractivity contribution in [2.75, 3.05) is 6.79 Å². The lowest BCUT2D eigenvalue weighted by atomic mass is 10.1. The second kappa shape index (κ2) is 5.72. The number of hydrogen-bond acceptors (Lipinski definition) is 4. The minimum Gasteiger partial charge on any atom is -0.453 e. The van der Waals surface area contributed by atoms with Gasteiger partial charge in [0.05, 0.1) is 23.5 Å². The number of H-pyrrole nitrogens is 1. The molecule has 0 bridgehead atoms. The highest BCUT2D eigenvalue weighted by atomic mass is 35.5. The minimum atomic E-state index is -0.0723. The lowest BCUT2D eigenvalue weighted by Crippen LogP contribution is -2.18. The summed E-state index contributed by atoms with van der Waals surface area (Å²) >= 11 is 6.43. The van der Waals surface area contributed by atoms with Gasteiger partial charge in [0.15, 0.2) is 11.5 Å². The summed E-state index contributed by atoms with van der Waals surface area (Å²) in [6.45, 7) is 2.14. The van der Waals surface area contributed by atoms with E-state index in [1.54, 1.807) is 6.20 Å². The predicted octanol–water partition coefficient (Wildman–Crippen LogP) is 3.25. The molecule has 122 valence electrons. The standard InChI is InChI=1S/C17H14ClN3O3/c1-9(22)19-6-11-2-10-3-13(18)12(4-14(10)21-11)15-5-16-17(7-20-15)24-8-23-16/h2-5,7,21H,6,8H2,1H3,(H,19,22). The molecule has 0 saturated carbocycles. The van der Waals surface area contributed by atoms with E-state index in [-0.39, 0.29) is 12.7 Å². The quantitative estimate of drug-likeness (QED) is 0.765. The number of nitrogens with zero attached hydrogens (tertiary/aromatic N) is 1. The number of benzene rings is 1. The number of amides is 1. The van der Waals surface area contributed by atoms with E-state index in [1.165, 1.54) is 6.92 Å². The average molecular weight is 344 g/mol. The number of rotatable bonds is 3. The second-order valence-electron chi connectivity index (χ2n) is 5.55. The largest absolute Gasteiger partial charge is 0.453 e. The summed E-state index contributed by atoms with van der Waals surface area (Å²) in [7, 11) is 0. The topological polar surface area (TPSA) is 76.2 Å². The first kappa shape index (κ1) is 14.8. The highest BCUT2D eigenvalue weighted by Gasteiger charge is 2.17. The normalized spacial score (nSPS) is 12.6. The number of hydrogen-bond donors (Lipinski definition) is 2. The number of nitrogens with one attached hydrogen (secondary N) is 2. The Morgan fingerprint density at radius 2 is 2.12 bits per heavy atom. The molecule has 1 aliphatic rings. The van der Waals surface area contributed by atoms with Gasteiger partial charge in [-0.1, -0.05) is 11.6 Å². The van der Waals surface area contributed by atoms with Crippen molar-refractivity contribution in [3.63, 3.8) is 0 Å².